The highest BCUT2D eigenvalue weighted by atomic mass is 32.1. The first-order chi connectivity index (χ1) is 9.89. The highest BCUT2D eigenvalue weighted by Crippen LogP contribution is 2.27. The third kappa shape index (κ3) is 3.93. The number of benzene rings is 1. The molecule has 0 spiro atoms. The quantitative estimate of drug-likeness (QED) is 0.910. The van der Waals surface area contributed by atoms with Gasteiger partial charge in [0.05, 0.1) is 12.1 Å². The van der Waals surface area contributed by atoms with Gasteiger partial charge in [0.25, 0.3) is 0 Å². The lowest BCUT2D eigenvalue weighted by Gasteiger charge is -2.28. The number of thiophene rings is 1. The first-order valence-corrected chi connectivity index (χ1v) is 7.92. The predicted molar refractivity (Wildman–Crippen MR) is 88.2 cm³/mol. The highest BCUT2D eigenvalue weighted by molar-refractivity contribution is 7.10. The highest BCUT2D eigenvalue weighted by Gasteiger charge is 2.29. The van der Waals surface area contributed by atoms with E-state index in [4.69, 9.17) is 5.73 Å². The molecule has 2 aromatic rings. The van der Waals surface area contributed by atoms with Gasteiger partial charge in [0.1, 0.15) is 0 Å². The molecule has 0 aliphatic rings. The molecule has 1 amide bonds. The molecule has 21 heavy (non-hydrogen) atoms. The van der Waals surface area contributed by atoms with Crippen molar-refractivity contribution in [2.75, 3.05) is 0 Å². The lowest BCUT2D eigenvalue weighted by molar-refractivity contribution is -0.125. The van der Waals surface area contributed by atoms with Gasteiger partial charge in [-0.3, -0.25) is 4.79 Å². The molecule has 0 saturated heterocycles. The molecule has 1 aromatic heterocycles. The molecule has 0 aliphatic heterocycles. The van der Waals surface area contributed by atoms with E-state index in [1.54, 1.807) is 11.3 Å². The molecule has 0 bridgehead atoms. The zero-order chi connectivity index (χ0) is 15.5. The average molecular weight is 302 g/mol. The van der Waals surface area contributed by atoms with Crippen LogP contribution in [0.3, 0.4) is 0 Å². The molecule has 1 heterocycles. The summed E-state index contributed by atoms with van der Waals surface area (Å²) < 4.78 is 0. The standard InChI is InChI=1S/C17H22N2OS/c1-17(2,3)15(18)16(20)19-14(13-10-7-11-21-13)12-8-5-4-6-9-12/h4-11,14-15H,18H2,1-3H3,(H,19,20). The minimum absolute atomic E-state index is 0.121. The fraction of sp³-hybridized carbons (Fsp3) is 0.353. The van der Waals surface area contributed by atoms with Crippen LogP contribution in [0.4, 0.5) is 0 Å². The van der Waals surface area contributed by atoms with Gasteiger partial charge in [-0.15, -0.1) is 11.3 Å². The van der Waals surface area contributed by atoms with Gasteiger partial charge < -0.3 is 11.1 Å². The Kier molecular flexibility index (Phi) is 4.80. The van der Waals surface area contributed by atoms with Crippen molar-refractivity contribution in [3.8, 4) is 0 Å². The maximum absolute atomic E-state index is 12.4. The number of rotatable bonds is 4. The Morgan fingerprint density at radius 3 is 2.33 bits per heavy atom. The number of hydrogen-bond acceptors (Lipinski definition) is 3. The summed E-state index contributed by atoms with van der Waals surface area (Å²) in [5, 5.41) is 5.10. The first kappa shape index (κ1) is 15.7. The van der Waals surface area contributed by atoms with Gasteiger partial charge in [0.15, 0.2) is 0 Å². The molecule has 0 aliphatic carbocycles. The molecule has 2 atom stereocenters. The average Bonchev–Trinajstić information content (AvgIpc) is 2.97. The van der Waals surface area contributed by atoms with Crippen LogP contribution in [0.15, 0.2) is 47.8 Å². The summed E-state index contributed by atoms with van der Waals surface area (Å²) in [5.41, 5.74) is 6.87. The summed E-state index contributed by atoms with van der Waals surface area (Å²) in [5.74, 6) is -0.121. The lowest BCUT2D eigenvalue weighted by Crippen LogP contribution is -2.49. The Balaban J connectivity index is 2.24. The van der Waals surface area contributed by atoms with Gasteiger partial charge in [-0.05, 0) is 22.4 Å². The molecule has 3 nitrogen and oxygen atoms in total. The molecule has 2 unspecified atom stereocenters. The van der Waals surface area contributed by atoms with E-state index in [1.807, 2.05) is 68.6 Å². The van der Waals surface area contributed by atoms with E-state index in [-0.39, 0.29) is 17.4 Å². The van der Waals surface area contributed by atoms with Crippen LogP contribution in [-0.2, 0) is 4.79 Å². The minimum atomic E-state index is -0.538. The van der Waals surface area contributed by atoms with E-state index >= 15 is 0 Å². The number of amides is 1. The SMILES string of the molecule is CC(C)(C)C(N)C(=O)NC(c1ccccc1)c1cccs1. The van der Waals surface area contributed by atoms with Gasteiger partial charge in [-0.2, -0.15) is 0 Å². The number of nitrogens with two attached hydrogens (primary N) is 1. The van der Waals surface area contributed by atoms with Gasteiger partial charge in [0.2, 0.25) is 5.91 Å². The molecule has 4 heteroatoms. The molecular weight excluding hydrogens is 280 g/mol. The maximum Gasteiger partial charge on any atom is 0.238 e. The zero-order valence-corrected chi connectivity index (χ0v) is 13.5. The van der Waals surface area contributed by atoms with Gasteiger partial charge in [0, 0.05) is 4.88 Å². The van der Waals surface area contributed by atoms with Crippen LogP contribution in [0, 0.1) is 5.41 Å². The molecule has 0 radical (unpaired) electrons. The normalized spacial score (nSPS) is 14.5. The summed E-state index contributed by atoms with van der Waals surface area (Å²) in [7, 11) is 0. The zero-order valence-electron chi connectivity index (χ0n) is 12.7. The summed E-state index contributed by atoms with van der Waals surface area (Å²) in [6.07, 6.45) is 0. The van der Waals surface area contributed by atoms with Crippen LogP contribution in [0.1, 0.15) is 37.3 Å². The van der Waals surface area contributed by atoms with Crippen molar-refractivity contribution in [2.45, 2.75) is 32.9 Å². The van der Waals surface area contributed by atoms with E-state index in [2.05, 4.69) is 5.32 Å². The summed E-state index contributed by atoms with van der Waals surface area (Å²) in [6.45, 7) is 5.92. The van der Waals surface area contributed by atoms with Gasteiger partial charge in [-0.25, -0.2) is 0 Å². The summed E-state index contributed by atoms with van der Waals surface area (Å²) >= 11 is 1.63. The van der Waals surface area contributed by atoms with E-state index in [9.17, 15) is 4.79 Å². The van der Waals surface area contributed by atoms with Gasteiger partial charge >= 0.3 is 0 Å². The molecule has 2 rings (SSSR count). The molecule has 0 fully saturated rings. The van der Waals surface area contributed by atoms with Crippen molar-refractivity contribution < 1.29 is 4.79 Å². The van der Waals surface area contributed by atoms with Gasteiger partial charge in [-0.1, -0.05) is 57.2 Å². The fourth-order valence-electron chi connectivity index (χ4n) is 2.05. The van der Waals surface area contributed by atoms with Crippen molar-refractivity contribution in [2.24, 2.45) is 11.1 Å². The largest absolute Gasteiger partial charge is 0.343 e. The number of hydrogen-bond donors (Lipinski definition) is 2. The van der Waals surface area contributed by atoms with E-state index < -0.39 is 6.04 Å². The fourth-order valence-corrected chi connectivity index (χ4v) is 2.85. The first-order valence-electron chi connectivity index (χ1n) is 7.04. The van der Waals surface area contributed by atoms with Crippen molar-refractivity contribution >= 4 is 17.2 Å². The molecule has 1 aromatic carbocycles. The molecular formula is C17H22N2OS. The van der Waals surface area contributed by atoms with E-state index in [0.29, 0.717) is 0 Å². The van der Waals surface area contributed by atoms with Crippen molar-refractivity contribution in [3.05, 3.63) is 58.3 Å². The van der Waals surface area contributed by atoms with Crippen LogP contribution >= 0.6 is 11.3 Å². The molecule has 112 valence electrons. The number of nitrogens with one attached hydrogen (secondary N) is 1. The third-order valence-corrected chi connectivity index (χ3v) is 4.40. The van der Waals surface area contributed by atoms with Crippen LogP contribution in [-0.4, -0.2) is 11.9 Å². The second-order valence-electron chi connectivity index (χ2n) is 6.21. The summed E-state index contributed by atoms with van der Waals surface area (Å²) in [6, 6.07) is 13.3. The van der Waals surface area contributed by atoms with E-state index in [1.165, 1.54) is 0 Å². The third-order valence-electron chi connectivity index (χ3n) is 3.46. The van der Waals surface area contributed by atoms with Crippen LogP contribution in [0.2, 0.25) is 0 Å². The monoisotopic (exact) mass is 302 g/mol. The number of carbonyl (C=O) groups is 1. The Morgan fingerprint density at radius 2 is 1.81 bits per heavy atom. The second-order valence-corrected chi connectivity index (χ2v) is 7.19. The minimum Gasteiger partial charge on any atom is -0.343 e. The van der Waals surface area contributed by atoms with Crippen molar-refractivity contribution in [1.82, 2.24) is 5.32 Å². The Labute approximate surface area is 130 Å². The second kappa shape index (κ2) is 6.41. The number of carbonyl (C=O) groups excluding carboxylic acids is 1. The van der Waals surface area contributed by atoms with Crippen LogP contribution < -0.4 is 11.1 Å². The van der Waals surface area contributed by atoms with E-state index in [0.717, 1.165) is 10.4 Å². The lowest BCUT2D eigenvalue weighted by atomic mass is 9.86. The summed E-state index contributed by atoms with van der Waals surface area (Å²) in [4.78, 5) is 13.5. The Bertz CT molecular complexity index is 573. The van der Waals surface area contributed by atoms with Crippen LogP contribution in [0.25, 0.3) is 0 Å². The molecule has 0 saturated carbocycles. The Morgan fingerprint density at radius 1 is 1.14 bits per heavy atom. The molecule has 3 N–H and O–H groups in total. The smallest absolute Gasteiger partial charge is 0.238 e. The van der Waals surface area contributed by atoms with Crippen molar-refractivity contribution in [3.63, 3.8) is 0 Å². The predicted octanol–water partition coefficient (Wildman–Crippen LogP) is 3.33. The van der Waals surface area contributed by atoms with Crippen LogP contribution in [0.5, 0.6) is 0 Å². The topological polar surface area (TPSA) is 55.1 Å². The van der Waals surface area contributed by atoms with Crippen molar-refractivity contribution in [1.29, 1.82) is 0 Å². The Hall–Kier alpha value is -1.65. The maximum atomic E-state index is 12.4.